The maximum atomic E-state index is 12.3. The number of ether oxygens (including phenoxy) is 1. The predicted octanol–water partition coefficient (Wildman–Crippen LogP) is 4.80. The number of rotatable bonds is 2. The molecule has 0 unspecified atom stereocenters. The number of benzene rings is 1. The topological polar surface area (TPSA) is 39.2 Å². The van der Waals surface area contributed by atoms with Gasteiger partial charge in [0.05, 0.1) is 5.69 Å². The first kappa shape index (κ1) is 14.8. The number of fused-ring (bicyclic) bond motifs is 2. The van der Waals surface area contributed by atoms with Crippen molar-refractivity contribution in [1.29, 1.82) is 0 Å². The van der Waals surface area contributed by atoms with Crippen molar-refractivity contribution < 1.29 is 9.53 Å². The molecule has 0 radical (unpaired) electrons. The summed E-state index contributed by atoms with van der Waals surface area (Å²) in [4.78, 5) is 18.2. The SMILES string of the molecule is CSc1ccc(-c2ccc3c(n2)C(=O)OC32CCCCC2)cc1. The van der Waals surface area contributed by atoms with Crippen LogP contribution in [0.4, 0.5) is 0 Å². The van der Waals surface area contributed by atoms with Crippen molar-refractivity contribution in [2.75, 3.05) is 6.26 Å². The number of hydrogen-bond donors (Lipinski definition) is 0. The molecule has 1 fully saturated rings. The molecule has 1 aromatic heterocycles. The third kappa shape index (κ3) is 2.45. The molecular weight excluding hydrogens is 306 g/mol. The largest absolute Gasteiger partial charge is 0.449 e. The highest BCUT2D eigenvalue weighted by Crippen LogP contribution is 2.46. The smallest absolute Gasteiger partial charge is 0.358 e. The van der Waals surface area contributed by atoms with E-state index in [-0.39, 0.29) is 5.97 Å². The van der Waals surface area contributed by atoms with Crippen molar-refractivity contribution in [3.05, 3.63) is 47.7 Å². The fourth-order valence-electron chi connectivity index (χ4n) is 3.68. The molecule has 1 spiro atoms. The maximum Gasteiger partial charge on any atom is 0.358 e. The third-order valence-corrected chi connectivity index (χ3v) is 5.66. The molecule has 23 heavy (non-hydrogen) atoms. The van der Waals surface area contributed by atoms with Gasteiger partial charge in [0.25, 0.3) is 0 Å². The average Bonchev–Trinajstić information content (AvgIpc) is 2.87. The zero-order valence-corrected chi connectivity index (χ0v) is 14.0. The molecule has 4 rings (SSSR count). The van der Waals surface area contributed by atoms with Gasteiger partial charge in [-0.25, -0.2) is 9.78 Å². The van der Waals surface area contributed by atoms with E-state index in [0.717, 1.165) is 42.5 Å². The number of thioether (sulfide) groups is 1. The Morgan fingerprint density at radius 2 is 1.78 bits per heavy atom. The fourth-order valence-corrected chi connectivity index (χ4v) is 4.09. The summed E-state index contributed by atoms with van der Waals surface area (Å²) in [6, 6.07) is 12.3. The second-order valence-electron chi connectivity index (χ2n) is 6.27. The second kappa shape index (κ2) is 5.68. The number of carbonyl (C=O) groups is 1. The normalized spacial score (nSPS) is 18.7. The Morgan fingerprint density at radius 3 is 2.48 bits per heavy atom. The summed E-state index contributed by atoms with van der Waals surface area (Å²) < 4.78 is 5.78. The molecule has 0 atom stereocenters. The van der Waals surface area contributed by atoms with Gasteiger partial charge in [0.1, 0.15) is 5.60 Å². The Morgan fingerprint density at radius 1 is 1.04 bits per heavy atom. The number of nitrogens with zero attached hydrogens (tertiary/aromatic N) is 1. The first-order valence-corrected chi connectivity index (χ1v) is 9.34. The average molecular weight is 325 g/mol. The molecule has 4 heteroatoms. The van der Waals surface area contributed by atoms with Gasteiger partial charge in [-0.3, -0.25) is 0 Å². The minimum absolute atomic E-state index is 0.260. The van der Waals surface area contributed by atoms with Crippen molar-refractivity contribution in [3.63, 3.8) is 0 Å². The first-order chi connectivity index (χ1) is 11.2. The van der Waals surface area contributed by atoms with Crippen LogP contribution in [-0.4, -0.2) is 17.2 Å². The Balaban J connectivity index is 1.73. The molecule has 0 amide bonds. The van der Waals surface area contributed by atoms with Gasteiger partial charge in [-0.05, 0) is 50.1 Å². The van der Waals surface area contributed by atoms with Crippen molar-refractivity contribution >= 4 is 17.7 Å². The van der Waals surface area contributed by atoms with Crippen LogP contribution in [0.25, 0.3) is 11.3 Å². The Hall–Kier alpha value is -1.81. The molecule has 3 nitrogen and oxygen atoms in total. The summed E-state index contributed by atoms with van der Waals surface area (Å²) in [7, 11) is 0. The van der Waals surface area contributed by atoms with Crippen LogP contribution in [0.1, 0.15) is 48.2 Å². The van der Waals surface area contributed by atoms with E-state index in [2.05, 4.69) is 41.6 Å². The van der Waals surface area contributed by atoms with E-state index in [1.807, 2.05) is 6.07 Å². The molecule has 0 saturated heterocycles. The molecule has 1 aliphatic heterocycles. The van der Waals surface area contributed by atoms with E-state index in [9.17, 15) is 4.79 Å². The maximum absolute atomic E-state index is 12.3. The van der Waals surface area contributed by atoms with Crippen LogP contribution >= 0.6 is 11.8 Å². The van der Waals surface area contributed by atoms with Gasteiger partial charge in [0.2, 0.25) is 0 Å². The van der Waals surface area contributed by atoms with E-state index >= 15 is 0 Å². The number of hydrogen-bond acceptors (Lipinski definition) is 4. The van der Waals surface area contributed by atoms with Crippen molar-refractivity contribution in [3.8, 4) is 11.3 Å². The van der Waals surface area contributed by atoms with Crippen molar-refractivity contribution in [2.24, 2.45) is 0 Å². The molecule has 1 saturated carbocycles. The van der Waals surface area contributed by atoms with Crippen molar-refractivity contribution in [2.45, 2.75) is 42.6 Å². The van der Waals surface area contributed by atoms with Gasteiger partial charge in [0.15, 0.2) is 5.69 Å². The number of pyridine rings is 1. The standard InChI is InChI=1S/C19H19NO2S/c1-23-14-7-5-13(6-8-14)16-10-9-15-17(20-16)18(21)22-19(15)11-3-2-4-12-19/h5-10H,2-4,11-12H2,1H3. The lowest BCUT2D eigenvalue weighted by molar-refractivity contribution is -0.0281. The highest BCUT2D eigenvalue weighted by atomic mass is 32.2. The van der Waals surface area contributed by atoms with Crippen LogP contribution in [0.15, 0.2) is 41.3 Å². The van der Waals surface area contributed by atoms with E-state index < -0.39 is 5.60 Å². The monoisotopic (exact) mass is 325 g/mol. The quantitative estimate of drug-likeness (QED) is 0.587. The summed E-state index contributed by atoms with van der Waals surface area (Å²) >= 11 is 1.71. The summed E-state index contributed by atoms with van der Waals surface area (Å²) in [5.74, 6) is -0.260. The molecule has 1 aromatic carbocycles. The van der Waals surface area contributed by atoms with Crippen LogP contribution in [0.2, 0.25) is 0 Å². The zero-order chi connectivity index (χ0) is 15.9. The highest BCUT2D eigenvalue weighted by molar-refractivity contribution is 7.98. The molecule has 0 N–H and O–H groups in total. The lowest BCUT2D eigenvalue weighted by Crippen LogP contribution is -2.28. The molecule has 0 bridgehead atoms. The molecule has 118 valence electrons. The molecular formula is C19H19NO2S. The summed E-state index contributed by atoms with van der Waals surface area (Å²) in [5.41, 5.74) is 2.97. The lowest BCUT2D eigenvalue weighted by atomic mass is 9.80. The lowest BCUT2D eigenvalue weighted by Gasteiger charge is -2.32. The number of esters is 1. The van der Waals surface area contributed by atoms with E-state index in [4.69, 9.17) is 4.74 Å². The van der Waals surface area contributed by atoms with Crippen LogP contribution < -0.4 is 0 Å². The number of carbonyl (C=O) groups excluding carboxylic acids is 1. The summed E-state index contributed by atoms with van der Waals surface area (Å²) in [6.07, 6.45) is 7.36. The number of aromatic nitrogens is 1. The van der Waals surface area contributed by atoms with Gasteiger partial charge < -0.3 is 4.74 Å². The minimum atomic E-state index is -0.404. The van der Waals surface area contributed by atoms with E-state index in [1.54, 1.807) is 11.8 Å². The van der Waals surface area contributed by atoms with Gasteiger partial charge in [0, 0.05) is 16.0 Å². The Bertz CT molecular complexity index is 748. The van der Waals surface area contributed by atoms with Crippen LogP contribution in [0.5, 0.6) is 0 Å². The van der Waals surface area contributed by atoms with Gasteiger partial charge in [-0.15, -0.1) is 11.8 Å². The summed E-state index contributed by atoms with van der Waals surface area (Å²) in [6.45, 7) is 0. The minimum Gasteiger partial charge on any atom is -0.449 e. The molecule has 2 aromatic rings. The fraction of sp³-hybridized carbons (Fsp3) is 0.368. The Labute approximate surface area is 140 Å². The van der Waals surface area contributed by atoms with Crippen molar-refractivity contribution in [1.82, 2.24) is 4.98 Å². The second-order valence-corrected chi connectivity index (χ2v) is 7.15. The first-order valence-electron chi connectivity index (χ1n) is 8.11. The molecule has 2 aliphatic rings. The summed E-state index contributed by atoms with van der Waals surface area (Å²) in [5, 5.41) is 0. The van der Waals surface area contributed by atoms with Crippen LogP contribution in [0, 0.1) is 0 Å². The van der Waals surface area contributed by atoms with Crippen LogP contribution in [0.3, 0.4) is 0 Å². The van der Waals surface area contributed by atoms with Gasteiger partial charge >= 0.3 is 5.97 Å². The molecule has 1 aliphatic carbocycles. The van der Waals surface area contributed by atoms with E-state index in [0.29, 0.717) is 5.69 Å². The zero-order valence-electron chi connectivity index (χ0n) is 13.2. The third-order valence-electron chi connectivity index (χ3n) is 4.91. The molecule has 2 heterocycles. The van der Waals surface area contributed by atoms with Gasteiger partial charge in [-0.2, -0.15) is 0 Å². The van der Waals surface area contributed by atoms with Crippen LogP contribution in [-0.2, 0) is 10.3 Å². The van der Waals surface area contributed by atoms with E-state index in [1.165, 1.54) is 11.3 Å². The predicted molar refractivity (Wildman–Crippen MR) is 91.6 cm³/mol. The highest BCUT2D eigenvalue weighted by Gasteiger charge is 2.47. The Kier molecular flexibility index (Phi) is 3.64. The van der Waals surface area contributed by atoms with Gasteiger partial charge in [-0.1, -0.05) is 24.6 Å².